The zero-order valence-electron chi connectivity index (χ0n) is 12.3. The first kappa shape index (κ1) is 15.7. The monoisotopic (exact) mass is 369 g/mol. The Bertz CT molecular complexity index is 549. The van der Waals surface area contributed by atoms with Gasteiger partial charge in [-0.15, -0.1) is 0 Å². The maximum Gasteiger partial charge on any atom is 0.292 e. The molecule has 0 bridgehead atoms. The summed E-state index contributed by atoms with van der Waals surface area (Å²) in [5.74, 6) is 0. The highest BCUT2D eigenvalue weighted by atomic mass is 79.9. The van der Waals surface area contributed by atoms with Gasteiger partial charge in [0.15, 0.2) is 0 Å². The van der Waals surface area contributed by atoms with E-state index in [2.05, 4.69) is 26.1 Å². The van der Waals surface area contributed by atoms with Gasteiger partial charge < -0.3 is 10.1 Å². The van der Waals surface area contributed by atoms with E-state index in [1.165, 1.54) is 0 Å². The van der Waals surface area contributed by atoms with Gasteiger partial charge in [-0.3, -0.25) is 15.0 Å². The molecule has 2 aliphatic rings. The summed E-state index contributed by atoms with van der Waals surface area (Å²) in [7, 11) is 0. The van der Waals surface area contributed by atoms with Crippen molar-refractivity contribution < 1.29 is 9.66 Å². The molecule has 0 spiro atoms. The Morgan fingerprint density at radius 1 is 1.32 bits per heavy atom. The van der Waals surface area contributed by atoms with Gasteiger partial charge in [0.2, 0.25) is 0 Å². The third-order valence-corrected chi connectivity index (χ3v) is 4.98. The molecule has 7 heteroatoms. The molecule has 6 nitrogen and oxygen atoms in total. The van der Waals surface area contributed by atoms with Gasteiger partial charge in [-0.25, -0.2) is 0 Å². The van der Waals surface area contributed by atoms with E-state index in [1.54, 1.807) is 18.2 Å². The highest BCUT2D eigenvalue weighted by Crippen LogP contribution is 2.33. The molecule has 0 aromatic heterocycles. The van der Waals surface area contributed by atoms with Gasteiger partial charge in [0.1, 0.15) is 5.69 Å². The van der Waals surface area contributed by atoms with Gasteiger partial charge in [0, 0.05) is 35.7 Å². The number of nitrogens with zero attached hydrogens (tertiary/aromatic N) is 2. The number of morpholine rings is 1. The van der Waals surface area contributed by atoms with E-state index in [9.17, 15) is 10.1 Å². The Kier molecular flexibility index (Phi) is 4.95. The largest absolute Gasteiger partial charge is 0.379 e. The van der Waals surface area contributed by atoms with Crippen molar-refractivity contribution in [1.82, 2.24) is 4.90 Å². The lowest BCUT2D eigenvalue weighted by atomic mass is 10.1. The van der Waals surface area contributed by atoms with Crippen LogP contribution in [0.2, 0.25) is 0 Å². The summed E-state index contributed by atoms with van der Waals surface area (Å²) < 4.78 is 6.27. The molecule has 1 saturated heterocycles. The zero-order chi connectivity index (χ0) is 15.5. The minimum absolute atomic E-state index is 0.135. The lowest BCUT2D eigenvalue weighted by molar-refractivity contribution is -0.384. The molecule has 0 amide bonds. The number of anilines is 1. The summed E-state index contributed by atoms with van der Waals surface area (Å²) in [6, 6.07) is 5.74. The molecule has 2 fully saturated rings. The smallest absolute Gasteiger partial charge is 0.292 e. The molecule has 1 aromatic carbocycles. The highest BCUT2D eigenvalue weighted by molar-refractivity contribution is 9.10. The van der Waals surface area contributed by atoms with Crippen LogP contribution in [-0.4, -0.2) is 48.2 Å². The quantitative estimate of drug-likeness (QED) is 0.652. The average molecular weight is 370 g/mol. The minimum Gasteiger partial charge on any atom is -0.379 e. The van der Waals surface area contributed by atoms with Crippen molar-refractivity contribution in [3.8, 4) is 0 Å². The summed E-state index contributed by atoms with van der Waals surface area (Å²) >= 11 is 3.40. The Balaban J connectivity index is 1.76. The third-order valence-electron chi connectivity index (χ3n) is 4.49. The number of halogens is 1. The molecule has 1 saturated carbocycles. The van der Waals surface area contributed by atoms with Crippen molar-refractivity contribution in [3.05, 3.63) is 32.8 Å². The molecular weight excluding hydrogens is 350 g/mol. The van der Waals surface area contributed by atoms with Gasteiger partial charge in [0.25, 0.3) is 5.69 Å². The second kappa shape index (κ2) is 6.93. The fourth-order valence-electron chi connectivity index (χ4n) is 3.44. The SMILES string of the molecule is O=[N+]([O-])c1ccc(Br)cc1NC1CCCC1N1CCOCC1. The fraction of sp³-hybridized carbons (Fsp3) is 0.600. The van der Waals surface area contributed by atoms with Crippen molar-refractivity contribution in [1.29, 1.82) is 0 Å². The summed E-state index contributed by atoms with van der Waals surface area (Å²) in [6.45, 7) is 3.45. The topological polar surface area (TPSA) is 67.6 Å². The van der Waals surface area contributed by atoms with Gasteiger partial charge >= 0.3 is 0 Å². The van der Waals surface area contributed by atoms with Crippen molar-refractivity contribution in [2.45, 2.75) is 31.3 Å². The lowest BCUT2D eigenvalue weighted by Crippen LogP contribution is -2.48. The van der Waals surface area contributed by atoms with Crippen LogP contribution in [0.3, 0.4) is 0 Å². The van der Waals surface area contributed by atoms with Crippen LogP contribution in [0, 0.1) is 10.1 Å². The minimum atomic E-state index is -0.326. The van der Waals surface area contributed by atoms with Crippen molar-refractivity contribution in [3.63, 3.8) is 0 Å². The molecule has 3 rings (SSSR count). The van der Waals surface area contributed by atoms with Gasteiger partial charge in [-0.1, -0.05) is 15.9 Å². The average Bonchev–Trinajstić information content (AvgIpc) is 2.96. The van der Waals surface area contributed by atoms with Crippen LogP contribution in [0.25, 0.3) is 0 Å². The van der Waals surface area contributed by atoms with Gasteiger partial charge in [0.05, 0.1) is 18.1 Å². The number of rotatable bonds is 4. The number of hydrogen-bond acceptors (Lipinski definition) is 5. The van der Waals surface area contributed by atoms with E-state index in [0.29, 0.717) is 11.7 Å². The van der Waals surface area contributed by atoms with E-state index in [0.717, 1.165) is 50.0 Å². The van der Waals surface area contributed by atoms with E-state index in [-0.39, 0.29) is 16.7 Å². The lowest BCUT2D eigenvalue weighted by Gasteiger charge is -2.36. The number of ether oxygens (including phenoxy) is 1. The van der Waals surface area contributed by atoms with Crippen molar-refractivity contribution in [2.75, 3.05) is 31.6 Å². The van der Waals surface area contributed by atoms with Crippen LogP contribution in [0.15, 0.2) is 22.7 Å². The molecule has 2 unspecified atom stereocenters. The fourth-order valence-corrected chi connectivity index (χ4v) is 3.80. The molecule has 1 N–H and O–H groups in total. The molecule has 120 valence electrons. The van der Waals surface area contributed by atoms with Crippen LogP contribution >= 0.6 is 15.9 Å². The number of benzene rings is 1. The van der Waals surface area contributed by atoms with Crippen LogP contribution in [0.4, 0.5) is 11.4 Å². The van der Waals surface area contributed by atoms with E-state index < -0.39 is 0 Å². The zero-order valence-corrected chi connectivity index (χ0v) is 13.9. The molecule has 1 heterocycles. The number of hydrogen-bond donors (Lipinski definition) is 1. The Hall–Kier alpha value is -1.18. The van der Waals surface area contributed by atoms with Crippen LogP contribution in [-0.2, 0) is 4.74 Å². The normalized spacial score (nSPS) is 26.0. The highest BCUT2D eigenvalue weighted by Gasteiger charge is 2.33. The molecule has 2 atom stereocenters. The van der Waals surface area contributed by atoms with Crippen LogP contribution < -0.4 is 5.32 Å². The maximum absolute atomic E-state index is 11.2. The molecule has 22 heavy (non-hydrogen) atoms. The van der Waals surface area contributed by atoms with Crippen molar-refractivity contribution >= 4 is 27.3 Å². The van der Waals surface area contributed by atoms with Crippen LogP contribution in [0.1, 0.15) is 19.3 Å². The summed E-state index contributed by atoms with van der Waals surface area (Å²) in [4.78, 5) is 13.3. The summed E-state index contributed by atoms with van der Waals surface area (Å²) in [6.07, 6.45) is 3.34. The van der Waals surface area contributed by atoms with E-state index >= 15 is 0 Å². The number of nitrogens with one attached hydrogen (secondary N) is 1. The van der Waals surface area contributed by atoms with Crippen molar-refractivity contribution in [2.24, 2.45) is 0 Å². The molecular formula is C15H20BrN3O3. The van der Waals surface area contributed by atoms with Gasteiger partial charge in [-0.05, 0) is 31.4 Å². The number of nitro benzene ring substituents is 1. The molecule has 1 aliphatic heterocycles. The third kappa shape index (κ3) is 3.42. The van der Waals surface area contributed by atoms with E-state index in [4.69, 9.17) is 4.74 Å². The second-order valence-electron chi connectivity index (χ2n) is 5.82. The Morgan fingerprint density at radius 2 is 2.09 bits per heavy atom. The predicted molar refractivity (Wildman–Crippen MR) is 88.2 cm³/mol. The summed E-state index contributed by atoms with van der Waals surface area (Å²) in [5, 5.41) is 14.6. The van der Waals surface area contributed by atoms with Crippen LogP contribution in [0.5, 0.6) is 0 Å². The predicted octanol–water partition coefficient (Wildman–Crippen LogP) is 3.02. The van der Waals surface area contributed by atoms with E-state index in [1.807, 2.05) is 0 Å². The first-order valence-electron chi connectivity index (χ1n) is 7.67. The Labute approximate surface area is 138 Å². The first-order chi connectivity index (χ1) is 10.6. The number of nitro groups is 1. The molecule has 1 aliphatic carbocycles. The first-order valence-corrected chi connectivity index (χ1v) is 8.47. The standard InChI is InChI=1S/C15H20BrN3O3/c16-11-4-5-15(19(20)21)13(10-11)17-12-2-1-3-14(12)18-6-8-22-9-7-18/h4-5,10,12,14,17H,1-3,6-9H2. The Morgan fingerprint density at radius 3 is 2.82 bits per heavy atom. The summed E-state index contributed by atoms with van der Waals surface area (Å²) in [5.41, 5.74) is 0.736. The maximum atomic E-state index is 11.2. The molecule has 0 radical (unpaired) electrons. The molecule has 1 aromatic rings. The second-order valence-corrected chi connectivity index (χ2v) is 6.73. The van der Waals surface area contributed by atoms with Gasteiger partial charge in [-0.2, -0.15) is 0 Å².